The topological polar surface area (TPSA) is 119 Å². The summed E-state index contributed by atoms with van der Waals surface area (Å²) in [4.78, 5) is 49.9. The van der Waals surface area contributed by atoms with Crippen LogP contribution in [0.25, 0.3) is 0 Å². The van der Waals surface area contributed by atoms with Crippen LogP contribution in [0.1, 0.15) is 44.1 Å². The van der Waals surface area contributed by atoms with Crippen LogP contribution < -0.4 is 5.32 Å². The van der Waals surface area contributed by atoms with Crippen LogP contribution in [-0.2, 0) is 28.7 Å². The summed E-state index contributed by atoms with van der Waals surface area (Å²) in [5.41, 5.74) is 1.34. The van der Waals surface area contributed by atoms with E-state index < -0.39 is 5.97 Å². The van der Waals surface area contributed by atoms with Gasteiger partial charge in [0.05, 0.1) is 55.4 Å². The number of hydrogen-bond acceptors (Lipinski definition) is 6. The third-order valence-electron chi connectivity index (χ3n) is 10.3. The first-order chi connectivity index (χ1) is 22.0. The first-order valence-corrected chi connectivity index (χ1v) is 17.1. The minimum Gasteiger partial charge on any atom is -0.477 e. The molecule has 1 saturated heterocycles. The summed E-state index contributed by atoms with van der Waals surface area (Å²) >= 11 is 0. The third-order valence-corrected chi connectivity index (χ3v) is 10.3. The Bertz CT molecular complexity index is 1170. The first kappa shape index (κ1) is 40.1. The summed E-state index contributed by atoms with van der Waals surface area (Å²) in [7, 11) is 10.9. The van der Waals surface area contributed by atoms with Crippen molar-refractivity contribution in [2.75, 3.05) is 127 Å². The second kappa shape index (κ2) is 18.5. The molecule has 12 heteroatoms. The number of benzene rings is 1. The molecule has 1 amide bonds. The van der Waals surface area contributed by atoms with Crippen LogP contribution in [0, 0.1) is 0 Å². The first-order valence-electron chi connectivity index (χ1n) is 17.1. The molecular weight excluding hydrogens is 602 g/mol. The SMILES string of the molecule is COC(=O)C[N+]1(C)CC[N+](C)(CCC(=O)NCCCCC(C)c2ccccc2)CC[N+](C)(CC(=O)O)CC[N+](C)(CC(=O)OC)CC1. The summed E-state index contributed by atoms with van der Waals surface area (Å²) in [6, 6.07) is 10.5. The highest BCUT2D eigenvalue weighted by Gasteiger charge is 2.40. The van der Waals surface area contributed by atoms with Crippen LogP contribution in [0.5, 0.6) is 0 Å². The molecule has 1 heterocycles. The molecule has 266 valence electrons. The number of carboxylic acid groups (broad SMARTS) is 1. The van der Waals surface area contributed by atoms with Crippen LogP contribution >= 0.6 is 0 Å². The number of esters is 2. The molecule has 1 fully saturated rings. The van der Waals surface area contributed by atoms with Gasteiger partial charge in [-0.25, -0.2) is 14.4 Å². The Morgan fingerprint density at radius 3 is 1.62 bits per heavy atom. The van der Waals surface area contributed by atoms with E-state index in [1.807, 2.05) is 27.2 Å². The molecule has 1 aromatic carbocycles. The van der Waals surface area contributed by atoms with Gasteiger partial charge in [0.15, 0.2) is 19.6 Å². The molecular formula is C35H63N5O7+4. The number of amides is 1. The van der Waals surface area contributed by atoms with E-state index in [-0.39, 0.29) is 37.5 Å². The zero-order chi connectivity index (χ0) is 35.1. The van der Waals surface area contributed by atoms with Crippen LogP contribution in [0.3, 0.4) is 0 Å². The standard InChI is InChI=1S/C35H61N5O7/c1-30(31-14-9-8-10-15-31)13-11-12-17-36-32(41)16-18-37(2)19-21-38(3,27-33(42)43)23-24-40(5,29-35(45)47-7)26-25-39(4,22-20-37)28-34(44)46-6/h8-10,14-15,30H,11-13,16-29H2,1-7H3/q+2/p+2. The Labute approximate surface area is 282 Å². The van der Waals surface area contributed by atoms with Crippen molar-refractivity contribution in [3.05, 3.63) is 35.9 Å². The van der Waals surface area contributed by atoms with Gasteiger partial charge in [-0.1, -0.05) is 43.7 Å². The van der Waals surface area contributed by atoms with Crippen molar-refractivity contribution in [2.24, 2.45) is 0 Å². The fourth-order valence-electron chi connectivity index (χ4n) is 6.37. The van der Waals surface area contributed by atoms with E-state index in [9.17, 15) is 24.3 Å². The van der Waals surface area contributed by atoms with Gasteiger partial charge in [-0.2, -0.15) is 0 Å². The summed E-state index contributed by atoms with van der Waals surface area (Å²) in [6.45, 7) is 8.82. The van der Waals surface area contributed by atoms with E-state index in [0.29, 0.717) is 95.7 Å². The quantitative estimate of drug-likeness (QED) is 0.166. The lowest BCUT2D eigenvalue weighted by Crippen LogP contribution is -2.65. The van der Waals surface area contributed by atoms with Gasteiger partial charge in [0.2, 0.25) is 5.91 Å². The van der Waals surface area contributed by atoms with Crippen LogP contribution in [0.2, 0.25) is 0 Å². The van der Waals surface area contributed by atoms with E-state index >= 15 is 0 Å². The molecule has 0 spiro atoms. The molecule has 12 nitrogen and oxygen atoms in total. The number of nitrogens with zero attached hydrogens (tertiary/aromatic N) is 4. The number of aliphatic carboxylic acids is 1. The highest BCUT2D eigenvalue weighted by Crippen LogP contribution is 2.21. The van der Waals surface area contributed by atoms with E-state index in [2.05, 4.69) is 43.6 Å². The van der Waals surface area contributed by atoms with Crippen molar-refractivity contribution in [3.8, 4) is 0 Å². The number of quaternary nitrogens is 4. The average molecular weight is 666 g/mol. The molecule has 1 aliphatic heterocycles. The zero-order valence-corrected chi connectivity index (χ0v) is 30.2. The predicted molar refractivity (Wildman–Crippen MR) is 181 cm³/mol. The Morgan fingerprint density at radius 2 is 1.17 bits per heavy atom. The van der Waals surface area contributed by atoms with E-state index in [0.717, 1.165) is 19.3 Å². The number of methoxy groups -OCH3 is 2. The van der Waals surface area contributed by atoms with E-state index in [1.54, 1.807) is 0 Å². The molecule has 0 bridgehead atoms. The maximum Gasteiger partial charge on any atom is 0.361 e. The monoisotopic (exact) mass is 665 g/mol. The highest BCUT2D eigenvalue weighted by molar-refractivity contribution is 5.75. The van der Waals surface area contributed by atoms with Crippen molar-refractivity contribution in [2.45, 2.75) is 38.5 Å². The van der Waals surface area contributed by atoms with Gasteiger partial charge in [-0.3, -0.25) is 4.79 Å². The number of likely N-dealkylation sites (N-methyl/N-ethyl adjacent to an activating group) is 4. The molecule has 5 unspecified atom stereocenters. The highest BCUT2D eigenvalue weighted by atomic mass is 16.5. The fourth-order valence-corrected chi connectivity index (χ4v) is 6.37. The normalized spacial score (nSPS) is 27.8. The number of carbonyl (C=O) groups is 4. The van der Waals surface area contributed by atoms with E-state index in [1.165, 1.54) is 19.8 Å². The average Bonchev–Trinajstić information content (AvgIpc) is 3.03. The molecule has 0 aliphatic carbocycles. The lowest BCUT2D eigenvalue weighted by Gasteiger charge is -2.45. The zero-order valence-electron chi connectivity index (χ0n) is 30.2. The lowest BCUT2D eigenvalue weighted by atomic mass is 9.95. The van der Waals surface area contributed by atoms with Crippen molar-refractivity contribution >= 4 is 23.8 Å². The van der Waals surface area contributed by atoms with Gasteiger partial charge in [0.25, 0.3) is 0 Å². The second-order valence-corrected chi connectivity index (χ2v) is 14.9. The van der Waals surface area contributed by atoms with Crippen molar-refractivity contribution in [1.82, 2.24) is 5.32 Å². The molecule has 2 N–H and O–H groups in total. The van der Waals surface area contributed by atoms with Gasteiger partial charge >= 0.3 is 17.9 Å². The Morgan fingerprint density at radius 1 is 0.723 bits per heavy atom. The van der Waals surface area contributed by atoms with Gasteiger partial charge in [-0.05, 0) is 24.3 Å². The van der Waals surface area contributed by atoms with Gasteiger partial charge < -0.3 is 37.8 Å². The van der Waals surface area contributed by atoms with E-state index in [4.69, 9.17) is 9.47 Å². The predicted octanol–water partition coefficient (Wildman–Crippen LogP) is 1.70. The fraction of sp³-hybridized carbons (Fsp3) is 0.714. The van der Waals surface area contributed by atoms with Crippen LogP contribution in [0.4, 0.5) is 0 Å². The third kappa shape index (κ3) is 14.7. The van der Waals surface area contributed by atoms with Gasteiger partial charge in [-0.15, -0.1) is 0 Å². The summed E-state index contributed by atoms with van der Waals surface area (Å²) < 4.78 is 11.8. The molecule has 0 saturated carbocycles. The Kier molecular flexibility index (Phi) is 15.8. The van der Waals surface area contributed by atoms with Crippen molar-refractivity contribution in [3.63, 3.8) is 0 Å². The molecule has 1 aliphatic rings. The Balaban J connectivity index is 2.13. The molecule has 47 heavy (non-hydrogen) atoms. The molecule has 1 aromatic rings. The summed E-state index contributed by atoms with van der Waals surface area (Å²) in [6.07, 6.45) is 3.41. The van der Waals surface area contributed by atoms with Crippen LogP contribution in [-0.4, -0.2) is 174 Å². The van der Waals surface area contributed by atoms with Gasteiger partial charge in [0.1, 0.15) is 52.4 Å². The number of rotatable bonds is 15. The summed E-state index contributed by atoms with van der Waals surface area (Å²) in [5.74, 6) is -0.968. The second-order valence-electron chi connectivity index (χ2n) is 14.9. The molecule has 0 aromatic heterocycles. The number of nitrogens with one attached hydrogen (secondary N) is 1. The molecule has 5 atom stereocenters. The van der Waals surface area contributed by atoms with Gasteiger partial charge in [0, 0.05) is 6.54 Å². The minimum atomic E-state index is -0.865. The number of carbonyl (C=O) groups excluding carboxylic acids is 3. The smallest absolute Gasteiger partial charge is 0.361 e. The lowest BCUT2D eigenvalue weighted by molar-refractivity contribution is -1.01. The van der Waals surface area contributed by atoms with Crippen LogP contribution in [0.15, 0.2) is 30.3 Å². The number of unbranched alkanes of at least 4 members (excludes halogenated alkanes) is 1. The largest absolute Gasteiger partial charge is 0.477 e. The maximum atomic E-state index is 13.0. The number of ether oxygens (including phenoxy) is 2. The van der Waals surface area contributed by atoms with Crippen molar-refractivity contribution in [1.29, 1.82) is 0 Å². The summed E-state index contributed by atoms with van der Waals surface area (Å²) in [5, 5.41) is 12.9. The molecule has 2 rings (SSSR count). The Hall–Kier alpha value is -3.06. The van der Waals surface area contributed by atoms with Crippen molar-refractivity contribution < 1.29 is 51.7 Å². The minimum absolute atomic E-state index is 0.0250. The maximum absolute atomic E-state index is 13.0. The molecule has 0 radical (unpaired) electrons. The number of hydrogen-bond donors (Lipinski definition) is 2. The number of carboxylic acids is 1.